The minimum atomic E-state index is 0.318. The smallest absolute Gasteiger partial charge is 0.161 e. The molecule has 0 amide bonds. The van der Waals surface area contributed by atoms with Crippen LogP contribution in [0.2, 0.25) is 0 Å². The number of benzene rings is 1. The van der Waals surface area contributed by atoms with E-state index in [1.807, 2.05) is 12.4 Å². The van der Waals surface area contributed by atoms with Crippen LogP contribution in [0.3, 0.4) is 0 Å². The van der Waals surface area contributed by atoms with Crippen molar-refractivity contribution in [2.75, 3.05) is 32.8 Å². The molecule has 1 N–H and O–H groups in total. The summed E-state index contributed by atoms with van der Waals surface area (Å²) in [5.74, 6) is 2.30. The van der Waals surface area contributed by atoms with Crippen LogP contribution in [0, 0.1) is 11.8 Å². The van der Waals surface area contributed by atoms with Gasteiger partial charge in [-0.15, -0.1) is 0 Å². The summed E-state index contributed by atoms with van der Waals surface area (Å²) < 4.78 is 5.97. The molecule has 0 unspecified atom stereocenters. The van der Waals surface area contributed by atoms with Gasteiger partial charge in [0.05, 0.1) is 6.61 Å². The maximum atomic E-state index is 12.6. The minimum absolute atomic E-state index is 0.318. The molecule has 2 aliphatic carbocycles. The third kappa shape index (κ3) is 5.17. The SMILES string of the molecule is O=C(/C1=C\CCN(C2=CC=NC=C3CC=C(c4ccc(OCC5CNC5)cc4)C=C32)CCC1)C1CC1. The molecule has 0 spiro atoms. The van der Waals surface area contributed by atoms with Crippen molar-refractivity contribution in [1.82, 2.24) is 10.2 Å². The van der Waals surface area contributed by atoms with E-state index in [9.17, 15) is 4.79 Å². The topological polar surface area (TPSA) is 53.9 Å². The predicted molar refractivity (Wildman–Crippen MR) is 145 cm³/mol. The fraction of sp³-hybridized carbons (Fsp3) is 0.419. The summed E-state index contributed by atoms with van der Waals surface area (Å²) in [7, 11) is 0. The Kier molecular flexibility index (Phi) is 6.73. The van der Waals surface area contributed by atoms with Crippen LogP contribution in [-0.4, -0.2) is 49.7 Å². The Morgan fingerprint density at radius 1 is 1.11 bits per heavy atom. The van der Waals surface area contributed by atoms with Gasteiger partial charge >= 0.3 is 0 Å². The lowest BCUT2D eigenvalue weighted by Gasteiger charge is -2.31. The molecule has 1 aromatic rings. The number of aliphatic imine (C=N–C) groups is 1. The molecule has 0 atom stereocenters. The van der Waals surface area contributed by atoms with E-state index in [1.54, 1.807) is 0 Å². The van der Waals surface area contributed by atoms with E-state index < -0.39 is 0 Å². The second kappa shape index (κ2) is 10.4. The molecule has 6 rings (SSSR count). The number of carbonyl (C=O) groups excluding carboxylic acids is 1. The second-order valence-corrected chi connectivity index (χ2v) is 10.5. The Morgan fingerprint density at radius 2 is 1.97 bits per heavy atom. The average Bonchev–Trinajstić information content (AvgIpc) is 3.71. The molecule has 1 saturated carbocycles. The zero-order valence-corrected chi connectivity index (χ0v) is 20.9. The van der Waals surface area contributed by atoms with Crippen LogP contribution in [0.5, 0.6) is 5.75 Å². The van der Waals surface area contributed by atoms with Gasteiger partial charge in [-0.25, -0.2) is 0 Å². The monoisotopic (exact) mass is 481 g/mol. The Hall–Kier alpha value is -3.18. The quantitative estimate of drug-likeness (QED) is 0.579. The van der Waals surface area contributed by atoms with E-state index in [0.29, 0.717) is 17.6 Å². The molecule has 3 aliphatic heterocycles. The lowest BCUT2D eigenvalue weighted by atomic mass is 9.88. The van der Waals surface area contributed by atoms with Crippen molar-refractivity contribution in [2.45, 2.75) is 38.5 Å². The Balaban J connectivity index is 1.17. The van der Waals surface area contributed by atoms with Gasteiger partial charge in [0.1, 0.15) is 5.75 Å². The fourth-order valence-corrected chi connectivity index (χ4v) is 5.38. The van der Waals surface area contributed by atoms with Gasteiger partial charge < -0.3 is 15.0 Å². The first-order valence-corrected chi connectivity index (χ1v) is 13.5. The molecular formula is C31H35N3O2. The molecular weight excluding hydrogens is 446 g/mol. The molecule has 0 aromatic heterocycles. The van der Waals surface area contributed by atoms with Gasteiger partial charge in [-0.2, -0.15) is 0 Å². The number of rotatable bonds is 7. The number of hydrogen-bond acceptors (Lipinski definition) is 5. The van der Waals surface area contributed by atoms with Crippen molar-refractivity contribution in [3.8, 4) is 5.75 Å². The van der Waals surface area contributed by atoms with Crippen LogP contribution in [0.15, 0.2) is 82.2 Å². The van der Waals surface area contributed by atoms with Gasteiger partial charge in [0, 0.05) is 61.7 Å². The van der Waals surface area contributed by atoms with Crippen LogP contribution in [0.25, 0.3) is 5.57 Å². The van der Waals surface area contributed by atoms with E-state index in [2.05, 4.69) is 63.8 Å². The zero-order valence-electron chi connectivity index (χ0n) is 20.9. The molecule has 5 aliphatic rings. The predicted octanol–water partition coefficient (Wildman–Crippen LogP) is 5.24. The Labute approximate surface area is 214 Å². The standard InChI is InChI=1S/C31H35N3O2/c35-31(25-5-6-25)24-3-1-15-34(16-2-4-24)30-13-14-32-20-27-8-7-26(17-29(27)30)23-9-11-28(12-10-23)36-21-22-18-33-19-22/h3,7,9-14,17,20,22,25,33H,1-2,4-6,8,15-16,18-19,21H2/b24-3-. The largest absolute Gasteiger partial charge is 0.493 e. The highest BCUT2D eigenvalue weighted by Crippen LogP contribution is 2.37. The maximum absolute atomic E-state index is 12.6. The normalized spacial score (nSPS) is 23.9. The van der Waals surface area contributed by atoms with Crippen LogP contribution in [0.4, 0.5) is 0 Å². The number of ether oxygens (including phenoxy) is 1. The molecule has 186 valence electrons. The summed E-state index contributed by atoms with van der Waals surface area (Å²) in [6, 6.07) is 8.51. The summed E-state index contributed by atoms with van der Waals surface area (Å²) in [6.45, 7) is 4.78. The summed E-state index contributed by atoms with van der Waals surface area (Å²) >= 11 is 0. The molecule has 1 saturated heterocycles. The van der Waals surface area contributed by atoms with Crippen molar-refractivity contribution in [2.24, 2.45) is 16.8 Å². The van der Waals surface area contributed by atoms with Crippen LogP contribution in [-0.2, 0) is 4.79 Å². The summed E-state index contributed by atoms with van der Waals surface area (Å²) in [4.78, 5) is 19.6. The molecule has 3 heterocycles. The van der Waals surface area contributed by atoms with Gasteiger partial charge in [0.25, 0.3) is 0 Å². The van der Waals surface area contributed by atoms with E-state index in [0.717, 1.165) is 82.6 Å². The van der Waals surface area contributed by atoms with E-state index in [1.165, 1.54) is 28.0 Å². The Morgan fingerprint density at radius 3 is 2.75 bits per heavy atom. The first kappa shape index (κ1) is 23.2. The van der Waals surface area contributed by atoms with Crippen molar-refractivity contribution in [3.05, 3.63) is 82.7 Å². The number of allylic oxidation sites excluding steroid dienone is 6. The molecule has 1 aromatic carbocycles. The lowest BCUT2D eigenvalue weighted by Crippen LogP contribution is -2.45. The first-order chi connectivity index (χ1) is 17.7. The van der Waals surface area contributed by atoms with E-state index >= 15 is 0 Å². The molecule has 5 heteroatoms. The molecule has 2 fully saturated rings. The van der Waals surface area contributed by atoms with E-state index in [4.69, 9.17) is 4.74 Å². The lowest BCUT2D eigenvalue weighted by molar-refractivity contribution is -0.116. The molecule has 0 radical (unpaired) electrons. The second-order valence-electron chi connectivity index (χ2n) is 10.5. The highest BCUT2D eigenvalue weighted by molar-refractivity contribution is 5.98. The molecule has 5 nitrogen and oxygen atoms in total. The van der Waals surface area contributed by atoms with Crippen LogP contribution < -0.4 is 10.1 Å². The van der Waals surface area contributed by atoms with Gasteiger partial charge in [-0.3, -0.25) is 9.79 Å². The first-order valence-electron chi connectivity index (χ1n) is 13.5. The number of hydrogen-bond donors (Lipinski definition) is 1. The molecule has 36 heavy (non-hydrogen) atoms. The number of carbonyl (C=O) groups is 1. The molecule has 0 bridgehead atoms. The third-order valence-corrected chi connectivity index (χ3v) is 7.82. The van der Waals surface area contributed by atoms with Crippen molar-refractivity contribution >= 4 is 17.6 Å². The highest BCUT2D eigenvalue weighted by atomic mass is 16.5. The summed E-state index contributed by atoms with van der Waals surface area (Å²) in [6.07, 6.45) is 18.8. The number of Topliss-reactive ketones (excluding diaryl/α,β-unsaturated/α-hetero) is 1. The van der Waals surface area contributed by atoms with Gasteiger partial charge in [0.2, 0.25) is 0 Å². The average molecular weight is 482 g/mol. The van der Waals surface area contributed by atoms with Gasteiger partial charge in [-0.1, -0.05) is 24.3 Å². The van der Waals surface area contributed by atoms with Gasteiger partial charge in [-0.05, 0) is 85.1 Å². The fourth-order valence-electron chi connectivity index (χ4n) is 5.38. The van der Waals surface area contributed by atoms with E-state index in [-0.39, 0.29) is 0 Å². The van der Waals surface area contributed by atoms with Crippen molar-refractivity contribution in [3.63, 3.8) is 0 Å². The third-order valence-electron chi connectivity index (χ3n) is 7.82. The van der Waals surface area contributed by atoms with Crippen LogP contribution in [0.1, 0.15) is 44.1 Å². The zero-order chi connectivity index (χ0) is 24.3. The highest BCUT2D eigenvalue weighted by Gasteiger charge is 2.32. The summed E-state index contributed by atoms with van der Waals surface area (Å²) in [5, 5.41) is 3.29. The van der Waals surface area contributed by atoms with Crippen molar-refractivity contribution < 1.29 is 9.53 Å². The minimum Gasteiger partial charge on any atom is -0.493 e. The van der Waals surface area contributed by atoms with Crippen molar-refractivity contribution in [1.29, 1.82) is 0 Å². The van der Waals surface area contributed by atoms with Gasteiger partial charge in [0.15, 0.2) is 5.78 Å². The maximum Gasteiger partial charge on any atom is 0.161 e. The van der Waals surface area contributed by atoms with Crippen LogP contribution >= 0.6 is 0 Å². The number of ketones is 1. The Bertz CT molecular complexity index is 1190. The number of fused-ring (bicyclic) bond motifs is 1. The number of nitrogens with zero attached hydrogens (tertiary/aromatic N) is 2. The number of nitrogens with one attached hydrogen (secondary N) is 1. The summed E-state index contributed by atoms with van der Waals surface area (Å²) in [5.41, 5.74) is 7.30.